The Bertz CT molecular complexity index is 643. The number of benzene rings is 1. The highest BCUT2D eigenvalue weighted by atomic mass is 35.5. The summed E-state index contributed by atoms with van der Waals surface area (Å²) >= 11 is 12.2. The molecule has 21 heavy (non-hydrogen) atoms. The van der Waals surface area contributed by atoms with Crippen LogP contribution >= 0.6 is 23.2 Å². The second-order valence-electron chi connectivity index (χ2n) is 5.86. The van der Waals surface area contributed by atoms with Gasteiger partial charge in [0, 0.05) is 23.2 Å². The average molecular weight is 349 g/mol. The van der Waals surface area contributed by atoms with Crippen molar-refractivity contribution in [2.24, 2.45) is 17.6 Å². The summed E-state index contributed by atoms with van der Waals surface area (Å²) in [6, 6.07) is 3.03. The van der Waals surface area contributed by atoms with E-state index in [-0.39, 0.29) is 22.5 Å². The summed E-state index contributed by atoms with van der Waals surface area (Å²) in [5.41, 5.74) is 6.07. The molecule has 0 radical (unpaired) electrons. The number of hydrogen-bond acceptors (Lipinski definition) is 3. The SMILES string of the molecule is NCc1c(Cl)ccc(S(=O)(=O)NC(C2CC2)C2CC2)c1Cl. The van der Waals surface area contributed by atoms with E-state index < -0.39 is 10.0 Å². The van der Waals surface area contributed by atoms with Crippen molar-refractivity contribution in [2.75, 3.05) is 0 Å². The van der Waals surface area contributed by atoms with Gasteiger partial charge in [-0.15, -0.1) is 0 Å². The maximum atomic E-state index is 12.6. The largest absolute Gasteiger partial charge is 0.326 e. The summed E-state index contributed by atoms with van der Waals surface area (Å²) in [5, 5.41) is 0.519. The summed E-state index contributed by atoms with van der Waals surface area (Å²) in [6.07, 6.45) is 4.41. The van der Waals surface area contributed by atoms with Crippen molar-refractivity contribution in [3.05, 3.63) is 27.7 Å². The van der Waals surface area contributed by atoms with E-state index in [1.165, 1.54) is 12.1 Å². The van der Waals surface area contributed by atoms with Crippen LogP contribution in [0, 0.1) is 11.8 Å². The van der Waals surface area contributed by atoms with Gasteiger partial charge in [0.05, 0.1) is 5.02 Å². The predicted molar refractivity (Wildman–Crippen MR) is 83.9 cm³/mol. The molecule has 2 aliphatic rings. The fraction of sp³-hybridized carbons (Fsp3) is 0.571. The molecule has 0 amide bonds. The zero-order valence-corrected chi connectivity index (χ0v) is 13.8. The van der Waals surface area contributed by atoms with Crippen LogP contribution < -0.4 is 10.5 Å². The van der Waals surface area contributed by atoms with Gasteiger partial charge in [-0.1, -0.05) is 23.2 Å². The van der Waals surface area contributed by atoms with Crippen LogP contribution in [0.15, 0.2) is 17.0 Å². The van der Waals surface area contributed by atoms with Gasteiger partial charge in [-0.2, -0.15) is 0 Å². The fourth-order valence-corrected chi connectivity index (χ4v) is 5.01. The lowest BCUT2D eigenvalue weighted by molar-refractivity contribution is 0.471. The molecule has 0 heterocycles. The van der Waals surface area contributed by atoms with Gasteiger partial charge in [-0.3, -0.25) is 0 Å². The lowest BCUT2D eigenvalue weighted by atomic mass is 10.1. The smallest absolute Gasteiger partial charge is 0.242 e. The zero-order valence-electron chi connectivity index (χ0n) is 11.5. The third kappa shape index (κ3) is 3.22. The Kier molecular flexibility index (Phi) is 4.23. The Morgan fingerprint density at radius 2 is 1.76 bits per heavy atom. The van der Waals surface area contributed by atoms with Gasteiger partial charge in [0.1, 0.15) is 4.90 Å². The van der Waals surface area contributed by atoms with E-state index in [1.807, 2.05) is 0 Å². The van der Waals surface area contributed by atoms with Crippen LogP contribution in [0.5, 0.6) is 0 Å². The van der Waals surface area contributed by atoms with E-state index in [2.05, 4.69) is 4.72 Å². The number of halogens is 2. The lowest BCUT2D eigenvalue weighted by Crippen LogP contribution is -2.38. The van der Waals surface area contributed by atoms with Crippen LogP contribution in [-0.2, 0) is 16.6 Å². The third-order valence-corrected chi connectivity index (χ3v) is 6.59. The van der Waals surface area contributed by atoms with E-state index in [9.17, 15) is 8.42 Å². The number of hydrogen-bond donors (Lipinski definition) is 2. The number of sulfonamides is 1. The van der Waals surface area contributed by atoms with Crippen LogP contribution in [0.2, 0.25) is 10.0 Å². The standard InChI is InChI=1S/C14H18Cl2N2O2S/c15-11-5-6-12(13(16)10(11)7-17)21(19,20)18-14(8-1-2-8)9-3-4-9/h5-6,8-9,14,18H,1-4,7,17H2. The second-order valence-corrected chi connectivity index (χ2v) is 8.33. The minimum absolute atomic E-state index is 0.0445. The molecule has 116 valence electrons. The first-order chi connectivity index (χ1) is 9.94. The van der Waals surface area contributed by atoms with E-state index in [0.717, 1.165) is 25.7 Å². The number of rotatable bonds is 6. The molecule has 3 rings (SSSR count). The molecule has 7 heteroatoms. The van der Waals surface area contributed by atoms with E-state index in [4.69, 9.17) is 28.9 Å². The van der Waals surface area contributed by atoms with Gasteiger partial charge >= 0.3 is 0 Å². The van der Waals surface area contributed by atoms with Crippen LogP contribution in [-0.4, -0.2) is 14.5 Å². The second kappa shape index (κ2) is 5.70. The molecular formula is C14H18Cl2N2O2S. The van der Waals surface area contributed by atoms with Crippen molar-refractivity contribution in [1.29, 1.82) is 0 Å². The van der Waals surface area contributed by atoms with Gasteiger partial charge in [0.25, 0.3) is 0 Å². The Balaban J connectivity index is 1.90. The fourth-order valence-electron chi connectivity index (χ4n) is 2.70. The van der Waals surface area contributed by atoms with Crippen LogP contribution in [0.4, 0.5) is 0 Å². The topological polar surface area (TPSA) is 72.2 Å². The highest BCUT2D eigenvalue weighted by Crippen LogP contribution is 2.45. The highest BCUT2D eigenvalue weighted by molar-refractivity contribution is 7.89. The van der Waals surface area contributed by atoms with E-state index in [0.29, 0.717) is 22.4 Å². The molecule has 3 N–H and O–H groups in total. The molecule has 2 aliphatic carbocycles. The van der Waals surface area contributed by atoms with Crippen molar-refractivity contribution in [3.63, 3.8) is 0 Å². The minimum atomic E-state index is -3.65. The Labute approximate surface area is 135 Å². The first kappa shape index (κ1) is 15.6. The van der Waals surface area contributed by atoms with Crippen molar-refractivity contribution >= 4 is 33.2 Å². The van der Waals surface area contributed by atoms with E-state index in [1.54, 1.807) is 0 Å². The number of nitrogens with one attached hydrogen (secondary N) is 1. The van der Waals surface area contributed by atoms with Crippen LogP contribution in [0.3, 0.4) is 0 Å². The molecule has 0 unspecified atom stereocenters. The van der Waals surface area contributed by atoms with Gasteiger partial charge in [0.2, 0.25) is 10.0 Å². The molecule has 2 saturated carbocycles. The van der Waals surface area contributed by atoms with Gasteiger partial charge in [0.15, 0.2) is 0 Å². The number of nitrogens with two attached hydrogens (primary N) is 1. The molecule has 0 bridgehead atoms. The monoisotopic (exact) mass is 348 g/mol. The average Bonchev–Trinajstić information content (AvgIpc) is 3.27. The Morgan fingerprint density at radius 3 is 2.24 bits per heavy atom. The molecule has 4 nitrogen and oxygen atoms in total. The molecule has 2 fully saturated rings. The summed E-state index contributed by atoms with van der Waals surface area (Å²) in [4.78, 5) is 0.0697. The summed E-state index contributed by atoms with van der Waals surface area (Å²) < 4.78 is 28.1. The van der Waals surface area contributed by atoms with Crippen molar-refractivity contribution in [1.82, 2.24) is 4.72 Å². The molecular weight excluding hydrogens is 331 g/mol. The molecule has 1 aromatic rings. The first-order valence-corrected chi connectivity index (χ1v) is 9.37. The van der Waals surface area contributed by atoms with Crippen molar-refractivity contribution in [3.8, 4) is 0 Å². The first-order valence-electron chi connectivity index (χ1n) is 7.13. The molecule has 0 saturated heterocycles. The maximum Gasteiger partial charge on any atom is 0.242 e. The predicted octanol–water partition coefficient (Wildman–Crippen LogP) is 2.92. The van der Waals surface area contributed by atoms with Gasteiger partial charge in [-0.25, -0.2) is 13.1 Å². The third-order valence-electron chi connectivity index (χ3n) is 4.20. The summed E-state index contributed by atoms with van der Waals surface area (Å²) in [7, 11) is -3.65. The maximum absolute atomic E-state index is 12.6. The Hall–Kier alpha value is -0.330. The van der Waals surface area contributed by atoms with Crippen LogP contribution in [0.1, 0.15) is 31.2 Å². The normalized spacial score (nSPS) is 19.2. The molecule has 0 atom stereocenters. The Morgan fingerprint density at radius 1 is 1.19 bits per heavy atom. The molecule has 0 aromatic heterocycles. The minimum Gasteiger partial charge on any atom is -0.326 e. The highest BCUT2D eigenvalue weighted by Gasteiger charge is 2.43. The van der Waals surface area contributed by atoms with Crippen molar-refractivity contribution < 1.29 is 8.42 Å². The van der Waals surface area contributed by atoms with Gasteiger partial charge < -0.3 is 5.73 Å². The molecule has 0 spiro atoms. The summed E-state index contributed by atoms with van der Waals surface area (Å²) in [6.45, 7) is 0.107. The quantitative estimate of drug-likeness (QED) is 0.829. The lowest BCUT2D eigenvalue weighted by Gasteiger charge is -2.19. The van der Waals surface area contributed by atoms with Crippen LogP contribution in [0.25, 0.3) is 0 Å². The van der Waals surface area contributed by atoms with Crippen molar-refractivity contribution in [2.45, 2.75) is 43.2 Å². The van der Waals surface area contributed by atoms with E-state index >= 15 is 0 Å². The molecule has 0 aliphatic heterocycles. The zero-order chi connectivity index (χ0) is 15.2. The molecule has 1 aromatic carbocycles. The van der Waals surface area contributed by atoms with Gasteiger partial charge in [-0.05, 0) is 49.7 Å². The summed E-state index contributed by atoms with van der Waals surface area (Å²) in [5.74, 6) is 0.958.